The Labute approximate surface area is 131 Å². The lowest BCUT2D eigenvalue weighted by Gasteiger charge is -2.22. The third-order valence-corrected chi connectivity index (χ3v) is 4.61. The van der Waals surface area contributed by atoms with E-state index in [1.54, 1.807) is 0 Å². The first-order chi connectivity index (χ1) is 10.2. The van der Waals surface area contributed by atoms with Crippen LogP contribution in [0.4, 0.5) is 0 Å². The van der Waals surface area contributed by atoms with E-state index in [0.717, 1.165) is 5.56 Å². The van der Waals surface area contributed by atoms with Gasteiger partial charge in [0.25, 0.3) is 20.2 Å². The Morgan fingerprint density at radius 1 is 0.818 bits per heavy atom. The van der Waals surface area contributed by atoms with Crippen LogP contribution in [0.1, 0.15) is 18.4 Å². The molecule has 0 fully saturated rings. The molecule has 9 heteroatoms. The predicted molar refractivity (Wildman–Crippen MR) is 83.8 cm³/mol. The van der Waals surface area contributed by atoms with Crippen LogP contribution in [0.2, 0.25) is 0 Å². The zero-order valence-corrected chi connectivity index (χ0v) is 13.8. The SMILES string of the molecule is O=S(=O)(O)CCCN(CCCS(=O)(=O)O)Cc1ccccc1. The minimum atomic E-state index is -4.00. The molecule has 0 amide bonds. The van der Waals surface area contributed by atoms with Crippen molar-refractivity contribution in [1.29, 1.82) is 0 Å². The highest BCUT2D eigenvalue weighted by Gasteiger charge is 2.11. The van der Waals surface area contributed by atoms with Crippen LogP contribution < -0.4 is 0 Å². The van der Waals surface area contributed by atoms with E-state index in [-0.39, 0.29) is 24.3 Å². The number of hydrogen-bond donors (Lipinski definition) is 2. The molecule has 126 valence electrons. The van der Waals surface area contributed by atoms with Crippen LogP contribution in [0.15, 0.2) is 30.3 Å². The monoisotopic (exact) mass is 351 g/mol. The molecule has 0 radical (unpaired) electrons. The Balaban J connectivity index is 2.55. The maximum absolute atomic E-state index is 10.7. The van der Waals surface area contributed by atoms with E-state index in [9.17, 15) is 16.8 Å². The molecule has 0 saturated carbocycles. The van der Waals surface area contributed by atoms with Crippen molar-refractivity contribution in [2.24, 2.45) is 0 Å². The Morgan fingerprint density at radius 3 is 1.68 bits per heavy atom. The first-order valence-electron chi connectivity index (χ1n) is 6.82. The van der Waals surface area contributed by atoms with Crippen molar-refractivity contribution in [2.75, 3.05) is 24.6 Å². The van der Waals surface area contributed by atoms with Gasteiger partial charge < -0.3 is 0 Å². The molecule has 2 N–H and O–H groups in total. The lowest BCUT2D eigenvalue weighted by Crippen LogP contribution is -2.28. The Morgan fingerprint density at radius 2 is 1.27 bits per heavy atom. The van der Waals surface area contributed by atoms with Gasteiger partial charge in [0.2, 0.25) is 0 Å². The fourth-order valence-corrected chi connectivity index (χ4v) is 3.04. The second-order valence-corrected chi connectivity index (χ2v) is 8.19. The summed E-state index contributed by atoms with van der Waals surface area (Å²) in [4.78, 5) is 1.89. The summed E-state index contributed by atoms with van der Waals surface area (Å²) in [5.41, 5.74) is 1.02. The fourth-order valence-electron chi connectivity index (χ4n) is 2.05. The van der Waals surface area contributed by atoms with Crippen molar-refractivity contribution in [3.05, 3.63) is 35.9 Å². The van der Waals surface area contributed by atoms with Gasteiger partial charge >= 0.3 is 0 Å². The number of benzene rings is 1. The smallest absolute Gasteiger partial charge is 0.264 e. The van der Waals surface area contributed by atoms with Crippen molar-refractivity contribution in [3.8, 4) is 0 Å². The summed E-state index contributed by atoms with van der Waals surface area (Å²) >= 11 is 0. The summed E-state index contributed by atoms with van der Waals surface area (Å²) in [6.45, 7) is 1.35. The third kappa shape index (κ3) is 9.85. The first kappa shape index (κ1) is 19.0. The lowest BCUT2D eigenvalue weighted by atomic mass is 10.2. The van der Waals surface area contributed by atoms with E-state index >= 15 is 0 Å². The van der Waals surface area contributed by atoms with Gasteiger partial charge in [0, 0.05) is 6.54 Å². The molecule has 0 aliphatic carbocycles. The molecule has 0 aliphatic rings. The van der Waals surface area contributed by atoms with E-state index in [1.807, 2.05) is 35.2 Å². The van der Waals surface area contributed by atoms with Crippen LogP contribution in [0.5, 0.6) is 0 Å². The second kappa shape index (κ2) is 8.59. The summed E-state index contributed by atoms with van der Waals surface area (Å²) in [7, 11) is -8.00. The molecule has 0 aliphatic heterocycles. The van der Waals surface area contributed by atoms with Gasteiger partial charge in [-0.1, -0.05) is 30.3 Å². The lowest BCUT2D eigenvalue weighted by molar-refractivity contribution is 0.266. The Hall–Kier alpha value is -1.00. The largest absolute Gasteiger partial charge is 0.299 e. The Kier molecular flexibility index (Phi) is 7.43. The molecular weight excluding hydrogens is 330 g/mol. The quantitative estimate of drug-likeness (QED) is 0.606. The molecule has 0 unspecified atom stereocenters. The van der Waals surface area contributed by atoms with Gasteiger partial charge in [-0.2, -0.15) is 16.8 Å². The molecule has 22 heavy (non-hydrogen) atoms. The van der Waals surface area contributed by atoms with Crippen molar-refractivity contribution < 1.29 is 25.9 Å². The number of hydrogen-bond acceptors (Lipinski definition) is 5. The predicted octanol–water partition coefficient (Wildman–Crippen LogP) is 1.04. The first-order valence-corrected chi connectivity index (χ1v) is 10.0. The van der Waals surface area contributed by atoms with Crippen LogP contribution in [0.3, 0.4) is 0 Å². The van der Waals surface area contributed by atoms with Gasteiger partial charge in [-0.3, -0.25) is 14.0 Å². The maximum atomic E-state index is 10.7. The van der Waals surface area contributed by atoms with E-state index in [2.05, 4.69) is 0 Å². The molecule has 0 saturated heterocycles. The summed E-state index contributed by atoms with van der Waals surface area (Å²) in [5, 5.41) is 0. The molecule has 0 atom stereocenters. The van der Waals surface area contributed by atoms with E-state index in [4.69, 9.17) is 9.11 Å². The van der Waals surface area contributed by atoms with Gasteiger partial charge in [0.1, 0.15) is 0 Å². The molecule has 0 aromatic heterocycles. The van der Waals surface area contributed by atoms with Crippen LogP contribution in [0, 0.1) is 0 Å². The van der Waals surface area contributed by atoms with Crippen molar-refractivity contribution in [1.82, 2.24) is 4.90 Å². The average Bonchev–Trinajstić information content (AvgIpc) is 2.36. The van der Waals surface area contributed by atoms with Gasteiger partial charge in [0.15, 0.2) is 0 Å². The zero-order chi connectivity index (χ0) is 16.6. The fraction of sp³-hybridized carbons (Fsp3) is 0.538. The van der Waals surface area contributed by atoms with Gasteiger partial charge in [-0.25, -0.2) is 0 Å². The highest BCUT2D eigenvalue weighted by Crippen LogP contribution is 2.07. The Bertz CT molecular complexity index is 604. The molecule has 1 aromatic rings. The van der Waals surface area contributed by atoms with Crippen LogP contribution in [0.25, 0.3) is 0 Å². The number of rotatable bonds is 10. The highest BCUT2D eigenvalue weighted by atomic mass is 32.2. The van der Waals surface area contributed by atoms with Gasteiger partial charge in [0.05, 0.1) is 11.5 Å². The molecule has 0 heterocycles. The summed E-state index contributed by atoms with van der Waals surface area (Å²) in [6, 6.07) is 9.47. The second-order valence-electron chi connectivity index (χ2n) is 5.04. The van der Waals surface area contributed by atoms with E-state index in [0.29, 0.717) is 19.6 Å². The van der Waals surface area contributed by atoms with Gasteiger partial charge in [-0.15, -0.1) is 0 Å². The molecule has 0 bridgehead atoms. The third-order valence-electron chi connectivity index (χ3n) is 3.00. The average molecular weight is 351 g/mol. The summed E-state index contributed by atoms with van der Waals surface area (Å²) in [6.07, 6.45) is 0.495. The van der Waals surface area contributed by atoms with Gasteiger partial charge in [-0.05, 0) is 31.5 Å². The van der Waals surface area contributed by atoms with E-state index in [1.165, 1.54) is 0 Å². The molecule has 0 spiro atoms. The molecule has 7 nitrogen and oxygen atoms in total. The minimum absolute atomic E-state index is 0.248. The molecule has 1 rings (SSSR count). The standard InChI is InChI=1S/C13H21NO6S2/c15-21(16,17)10-4-8-14(9-5-11-22(18,19)20)12-13-6-2-1-3-7-13/h1-3,6-7H,4-5,8-12H2,(H,15,16,17)(H,18,19,20). The van der Waals surface area contributed by atoms with Crippen molar-refractivity contribution >= 4 is 20.2 Å². The summed E-state index contributed by atoms with van der Waals surface area (Å²) < 4.78 is 60.5. The molecular formula is C13H21NO6S2. The maximum Gasteiger partial charge on any atom is 0.264 e. The minimum Gasteiger partial charge on any atom is -0.299 e. The summed E-state index contributed by atoms with van der Waals surface area (Å²) in [5.74, 6) is -0.673. The van der Waals surface area contributed by atoms with Crippen LogP contribution in [-0.2, 0) is 26.8 Å². The van der Waals surface area contributed by atoms with Crippen LogP contribution in [-0.4, -0.2) is 55.4 Å². The number of nitrogens with zero attached hydrogens (tertiary/aromatic N) is 1. The van der Waals surface area contributed by atoms with E-state index < -0.39 is 20.2 Å². The van der Waals surface area contributed by atoms with Crippen molar-refractivity contribution in [2.45, 2.75) is 19.4 Å². The topological polar surface area (TPSA) is 112 Å². The van der Waals surface area contributed by atoms with Crippen molar-refractivity contribution in [3.63, 3.8) is 0 Å². The van der Waals surface area contributed by atoms with Crippen LogP contribution >= 0.6 is 0 Å². The normalized spacial score (nSPS) is 12.7. The zero-order valence-electron chi connectivity index (χ0n) is 12.1. The highest BCUT2D eigenvalue weighted by molar-refractivity contribution is 7.86. The molecule has 1 aromatic carbocycles.